The Morgan fingerprint density at radius 3 is 2.89 bits per heavy atom. The van der Waals surface area contributed by atoms with E-state index in [0.717, 1.165) is 17.0 Å². The third kappa shape index (κ3) is 2.09. The van der Waals surface area contributed by atoms with Crippen LogP contribution in [0.3, 0.4) is 0 Å². The lowest BCUT2D eigenvalue weighted by Crippen LogP contribution is -1.99. The third-order valence-electron chi connectivity index (χ3n) is 2.96. The van der Waals surface area contributed by atoms with Gasteiger partial charge in [0.2, 0.25) is 0 Å². The quantitative estimate of drug-likeness (QED) is 0.780. The fourth-order valence-electron chi connectivity index (χ4n) is 2.15. The van der Waals surface area contributed by atoms with Gasteiger partial charge in [-0.2, -0.15) is 0 Å². The van der Waals surface area contributed by atoms with Crippen LogP contribution in [0.15, 0.2) is 42.9 Å². The predicted molar refractivity (Wildman–Crippen MR) is 74.1 cm³/mol. The first kappa shape index (κ1) is 12.1. The van der Waals surface area contributed by atoms with Crippen molar-refractivity contribution in [3.8, 4) is 11.3 Å². The Bertz CT molecular complexity index is 722. The molecule has 1 unspecified atom stereocenters. The number of aliphatic hydroxyl groups excluding tert-OH is 1. The van der Waals surface area contributed by atoms with E-state index in [2.05, 4.69) is 9.97 Å². The average molecular weight is 274 g/mol. The van der Waals surface area contributed by atoms with Gasteiger partial charge in [-0.3, -0.25) is 4.98 Å². The van der Waals surface area contributed by atoms with Gasteiger partial charge in [-0.05, 0) is 25.1 Å². The topological polar surface area (TPSA) is 50.4 Å². The number of pyridine rings is 2. The minimum Gasteiger partial charge on any atom is -0.387 e. The van der Waals surface area contributed by atoms with Crippen molar-refractivity contribution in [3.63, 3.8) is 0 Å². The summed E-state index contributed by atoms with van der Waals surface area (Å²) in [6.07, 6.45) is 4.62. The van der Waals surface area contributed by atoms with Gasteiger partial charge < -0.3 is 9.51 Å². The van der Waals surface area contributed by atoms with E-state index in [1.807, 2.05) is 22.7 Å². The summed E-state index contributed by atoms with van der Waals surface area (Å²) in [6, 6.07) is 7.31. The summed E-state index contributed by atoms with van der Waals surface area (Å²) in [6.45, 7) is 1.72. The zero-order valence-corrected chi connectivity index (χ0v) is 11.0. The van der Waals surface area contributed by atoms with Gasteiger partial charge in [0.1, 0.15) is 5.65 Å². The SMILES string of the molecule is CC(O)c1c(-c2cccnc2)nc2cc(Cl)ccn12. The number of hydrogen-bond donors (Lipinski definition) is 1. The Kier molecular flexibility index (Phi) is 2.97. The molecule has 3 rings (SSSR count). The number of imidazole rings is 1. The van der Waals surface area contributed by atoms with Gasteiger partial charge in [0.25, 0.3) is 0 Å². The van der Waals surface area contributed by atoms with Crippen LogP contribution in [0.4, 0.5) is 0 Å². The van der Waals surface area contributed by atoms with Crippen LogP contribution in [0.5, 0.6) is 0 Å². The normalized spacial score (nSPS) is 12.8. The number of fused-ring (bicyclic) bond motifs is 1. The Labute approximate surface area is 115 Å². The molecule has 0 aliphatic heterocycles. The molecule has 0 bridgehead atoms. The summed E-state index contributed by atoms with van der Waals surface area (Å²) in [4.78, 5) is 8.64. The van der Waals surface area contributed by atoms with Crippen LogP contribution < -0.4 is 0 Å². The molecule has 4 nitrogen and oxygen atoms in total. The van der Waals surface area contributed by atoms with Crippen molar-refractivity contribution in [1.82, 2.24) is 14.4 Å². The summed E-state index contributed by atoms with van der Waals surface area (Å²) < 4.78 is 1.85. The van der Waals surface area contributed by atoms with Gasteiger partial charge in [-0.25, -0.2) is 4.98 Å². The van der Waals surface area contributed by atoms with E-state index in [4.69, 9.17) is 11.6 Å². The second kappa shape index (κ2) is 4.64. The molecule has 0 spiro atoms. The molecule has 5 heteroatoms. The van der Waals surface area contributed by atoms with E-state index >= 15 is 0 Å². The van der Waals surface area contributed by atoms with Gasteiger partial charge in [0, 0.05) is 35.2 Å². The van der Waals surface area contributed by atoms with Crippen LogP contribution >= 0.6 is 11.6 Å². The molecule has 19 heavy (non-hydrogen) atoms. The average Bonchev–Trinajstić information content (AvgIpc) is 2.78. The van der Waals surface area contributed by atoms with Crippen molar-refractivity contribution in [2.45, 2.75) is 13.0 Å². The van der Waals surface area contributed by atoms with Crippen molar-refractivity contribution in [2.24, 2.45) is 0 Å². The molecule has 0 aliphatic rings. The van der Waals surface area contributed by atoms with Crippen LogP contribution in [0.2, 0.25) is 5.02 Å². The highest BCUT2D eigenvalue weighted by atomic mass is 35.5. The maximum atomic E-state index is 10.0. The van der Waals surface area contributed by atoms with E-state index in [9.17, 15) is 5.11 Å². The fraction of sp³-hybridized carbons (Fsp3) is 0.143. The molecule has 0 aliphatic carbocycles. The number of aliphatic hydroxyl groups is 1. The minimum absolute atomic E-state index is 0.618. The summed E-state index contributed by atoms with van der Waals surface area (Å²) in [7, 11) is 0. The lowest BCUT2D eigenvalue weighted by molar-refractivity contribution is 0.194. The molecule has 3 aromatic heterocycles. The fourth-order valence-corrected chi connectivity index (χ4v) is 2.31. The highest BCUT2D eigenvalue weighted by Gasteiger charge is 2.17. The smallest absolute Gasteiger partial charge is 0.139 e. The van der Waals surface area contributed by atoms with Crippen molar-refractivity contribution >= 4 is 17.2 Å². The van der Waals surface area contributed by atoms with Crippen LogP contribution in [-0.4, -0.2) is 19.5 Å². The molecule has 0 saturated heterocycles. The second-order valence-electron chi connectivity index (χ2n) is 4.34. The van der Waals surface area contributed by atoms with Crippen molar-refractivity contribution < 1.29 is 5.11 Å². The van der Waals surface area contributed by atoms with Crippen molar-refractivity contribution in [2.75, 3.05) is 0 Å². The summed E-state index contributed by atoms with van der Waals surface area (Å²) in [5.74, 6) is 0. The van der Waals surface area contributed by atoms with Gasteiger partial charge in [-0.1, -0.05) is 11.6 Å². The molecule has 0 amide bonds. The van der Waals surface area contributed by atoms with Gasteiger partial charge >= 0.3 is 0 Å². The molecule has 1 atom stereocenters. The monoisotopic (exact) mass is 273 g/mol. The van der Waals surface area contributed by atoms with Gasteiger partial charge in [-0.15, -0.1) is 0 Å². The summed E-state index contributed by atoms with van der Waals surface area (Å²) >= 11 is 5.98. The van der Waals surface area contributed by atoms with E-state index in [1.54, 1.807) is 31.5 Å². The van der Waals surface area contributed by atoms with E-state index in [1.165, 1.54) is 0 Å². The highest BCUT2D eigenvalue weighted by molar-refractivity contribution is 6.30. The highest BCUT2D eigenvalue weighted by Crippen LogP contribution is 2.29. The molecule has 96 valence electrons. The molecule has 0 radical (unpaired) electrons. The van der Waals surface area contributed by atoms with Gasteiger partial charge in [0.15, 0.2) is 0 Å². The molecular weight excluding hydrogens is 262 g/mol. The zero-order valence-electron chi connectivity index (χ0n) is 10.3. The Morgan fingerprint density at radius 2 is 2.21 bits per heavy atom. The van der Waals surface area contributed by atoms with Crippen LogP contribution in [0.25, 0.3) is 16.9 Å². The Balaban J connectivity index is 2.32. The first-order valence-electron chi connectivity index (χ1n) is 5.93. The Morgan fingerprint density at radius 1 is 1.37 bits per heavy atom. The van der Waals surface area contributed by atoms with Gasteiger partial charge in [0.05, 0.1) is 17.5 Å². The molecule has 3 heterocycles. The maximum Gasteiger partial charge on any atom is 0.139 e. The number of hydrogen-bond acceptors (Lipinski definition) is 3. The summed E-state index contributed by atoms with van der Waals surface area (Å²) in [5.41, 5.74) is 3.05. The number of nitrogens with zero attached hydrogens (tertiary/aromatic N) is 3. The molecule has 0 saturated carbocycles. The molecule has 0 fully saturated rings. The summed E-state index contributed by atoms with van der Waals surface area (Å²) in [5, 5.41) is 10.6. The zero-order chi connectivity index (χ0) is 13.4. The first-order chi connectivity index (χ1) is 9.16. The second-order valence-corrected chi connectivity index (χ2v) is 4.77. The lowest BCUT2D eigenvalue weighted by atomic mass is 10.1. The van der Waals surface area contributed by atoms with E-state index < -0.39 is 6.10 Å². The van der Waals surface area contributed by atoms with Crippen LogP contribution in [-0.2, 0) is 0 Å². The minimum atomic E-state index is -0.633. The number of aromatic nitrogens is 3. The predicted octanol–water partition coefficient (Wildman–Crippen LogP) is 3.10. The van der Waals surface area contributed by atoms with Crippen molar-refractivity contribution in [1.29, 1.82) is 0 Å². The molecular formula is C14H12ClN3O. The Hall–Kier alpha value is -1.91. The molecule has 3 aromatic rings. The molecule has 0 aromatic carbocycles. The first-order valence-corrected chi connectivity index (χ1v) is 6.30. The lowest BCUT2D eigenvalue weighted by Gasteiger charge is -2.07. The maximum absolute atomic E-state index is 10.0. The third-order valence-corrected chi connectivity index (χ3v) is 3.19. The van der Waals surface area contributed by atoms with E-state index in [0.29, 0.717) is 10.7 Å². The van der Waals surface area contributed by atoms with E-state index in [-0.39, 0.29) is 0 Å². The standard InChI is InChI=1S/C14H12ClN3O/c1-9(19)14-13(10-3-2-5-16-8-10)17-12-7-11(15)4-6-18(12)14/h2-9,19H,1H3. The van der Waals surface area contributed by atoms with Crippen molar-refractivity contribution in [3.05, 3.63) is 53.6 Å². The van der Waals surface area contributed by atoms with Crippen LogP contribution in [0, 0.1) is 0 Å². The molecule has 1 N–H and O–H groups in total. The number of halogens is 1. The van der Waals surface area contributed by atoms with Crippen LogP contribution in [0.1, 0.15) is 18.7 Å². The largest absolute Gasteiger partial charge is 0.387 e. The number of rotatable bonds is 2.